The van der Waals surface area contributed by atoms with Crippen LogP contribution < -0.4 is 0 Å². The number of ether oxygens (including phenoxy) is 1. The lowest BCUT2D eigenvalue weighted by atomic mass is 9.44. The van der Waals surface area contributed by atoms with Crippen LogP contribution in [-0.2, 0) is 19.1 Å². The van der Waals surface area contributed by atoms with Crippen molar-refractivity contribution in [1.82, 2.24) is 0 Å². The van der Waals surface area contributed by atoms with Gasteiger partial charge in [-0.2, -0.15) is 0 Å². The zero-order valence-corrected chi connectivity index (χ0v) is 20.7. The summed E-state index contributed by atoms with van der Waals surface area (Å²) in [5, 5.41) is 11.7. The first-order valence-electron chi connectivity index (χ1n) is 11.8. The summed E-state index contributed by atoms with van der Waals surface area (Å²) in [5.74, 6) is -0.772. The Morgan fingerprint density at radius 3 is 2.47 bits per heavy atom. The van der Waals surface area contributed by atoms with Crippen molar-refractivity contribution in [2.75, 3.05) is 0 Å². The predicted octanol–water partition coefficient (Wildman–Crippen LogP) is 4.40. The number of carbonyl (C=O) groups is 3. The second kappa shape index (κ2) is 7.27. The quantitative estimate of drug-likeness (QED) is 0.496. The third kappa shape index (κ3) is 2.64. The number of Topliss-reactive ketones (excluding diaryl/α,β-unsaturated/α-hetero) is 1. The molecule has 4 aliphatic carbocycles. The van der Waals surface area contributed by atoms with E-state index in [1.807, 2.05) is 26.8 Å². The number of aliphatic hydroxyl groups is 1. The molecule has 0 radical (unpaired) electrons. The van der Waals surface area contributed by atoms with Crippen molar-refractivity contribution in [3.8, 4) is 0 Å². The summed E-state index contributed by atoms with van der Waals surface area (Å²) in [4.78, 5) is 36.8. The Labute approximate surface area is 195 Å². The molecule has 9 atom stereocenters. The number of aliphatic hydroxyl groups excluding tert-OH is 1. The molecule has 6 heteroatoms. The fraction of sp³-hybridized carbons (Fsp3) is 0.731. The Hall–Kier alpha value is -1.46. The number of alkyl halides is 1. The van der Waals surface area contributed by atoms with Gasteiger partial charge < -0.3 is 9.84 Å². The van der Waals surface area contributed by atoms with Crippen LogP contribution in [0.5, 0.6) is 0 Å². The van der Waals surface area contributed by atoms with Crippen molar-refractivity contribution < 1.29 is 24.2 Å². The average molecular weight is 463 g/mol. The Morgan fingerprint density at radius 1 is 1.22 bits per heavy atom. The molecule has 0 aliphatic heterocycles. The Morgan fingerprint density at radius 2 is 1.88 bits per heavy atom. The number of hydrogen-bond donors (Lipinski definition) is 1. The van der Waals surface area contributed by atoms with E-state index in [-0.39, 0.29) is 48.1 Å². The van der Waals surface area contributed by atoms with Crippen LogP contribution in [0, 0.1) is 34.5 Å². The van der Waals surface area contributed by atoms with Crippen molar-refractivity contribution in [1.29, 1.82) is 0 Å². The van der Waals surface area contributed by atoms with Crippen molar-refractivity contribution in [2.24, 2.45) is 34.5 Å². The van der Waals surface area contributed by atoms with Crippen molar-refractivity contribution >= 4 is 29.1 Å². The predicted molar refractivity (Wildman–Crippen MR) is 122 cm³/mol. The lowest BCUT2D eigenvalue weighted by molar-refractivity contribution is -0.201. The highest BCUT2D eigenvalue weighted by Crippen LogP contribution is 2.72. The minimum Gasteiger partial charge on any atom is -0.450 e. The molecule has 5 nitrogen and oxygen atoms in total. The minimum atomic E-state index is -1.28. The lowest BCUT2D eigenvalue weighted by Gasteiger charge is -2.65. The van der Waals surface area contributed by atoms with E-state index in [4.69, 9.17) is 16.3 Å². The van der Waals surface area contributed by atoms with Gasteiger partial charge in [-0.25, -0.2) is 0 Å². The van der Waals surface area contributed by atoms with E-state index < -0.39 is 33.4 Å². The Kier molecular flexibility index (Phi) is 5.38. The fourth-order valence-electron chi connectivity index (χ4n) is 8.21. The highest BCUT2D eigenvalue weighted by molar-refractivity contribution is 6.26. The fourth-order valence-corrected chi connectivity index (χ4v) is 8.70. The summed E-state index contributed by atoms with van der Waals surface area (Å²) in [5.41, 5.74) is -1.70. The first kappa shape index (κ1) is 23.7. The minimum absolute atomic E-state index is 0.00110. The summed E-state index contributed by atoms with van der Waals surface area (Å²) in [6.45, 7) is 11.3. The van der Waals surface area contributed by atoms with Crippen molar-refractivity contribution in [2.45, 2.75) is 83.8 Å². The molecule has 3 unspecified atom stereocenters. The summed E-state index contributed by atoms with van der Waals surface area (Å²) in [6, 6.07) is 0. The van der Waals surface area contributed by atoms with Crippen LogP contribution in [0.15, 0.2) is 23.8 Å². The van der Waals surface area contributed by atoms with Gasteiger partial charge in [0.05, 0.1) is 11.0 Å². The van der Waals surface area contributed by atoms with E-state index in [0.29, 0.717) is 12.8 Å². The van der Waals surface area contributed by atoms with Crippen LogP contribution in [0.2, 0.25) is 0 Å². The molecule has 0 amide bonds. The maximum Gasteiger partial charge on any atom is 0.306 e. The number of ketones is 2. The molecule has 4 rings (SSSR count). The van der Waals surface area contributed by atoms with Crippen molar-refractivity contribution in [3.05, 3.63) is 23.8 Å². The van der Waals surface area contributed by atoms with Gasteiger partial charge in [0, 0.05) is 23.2 Å². The summed E-state index contributed by atoms with van der Waals surface area (Å²) >= 11 is 7.49. The topological polar surface area (TPSA) is 80.7 Å². The number of carbonyl (C=O) groups excluding carboxylic acids is 3. The molecular weight excluding hydrogens is 428 g/mol. The molecular formula is C26H35ClO5. The van der Waals surface area contributed by atoms with E-state index in [1.165, 1.54) is 6.92 Å². The van der Waals surface area contributed by atoms with E-state index in [2.05, 4.69) is 6.92 Å². The first-order valence-corrected chi connectivity index (χ1v) is 12.2. The number of fused-ring (bicyclic) bond motifs is 5. The summed E-state index contributed by atoms with van der Waals surface area (Å²) < 4.78 is 6.02. The number of allylic oxidation sites excluding steroid dienone is 4. The van der Waals surface area contributed by atoms with Gasteiger partial charge in [-0.1, -0.05) is 46.3 Å². The summed E-state index contributed by atoms with van der Waals surface area (Å²) in [7, 11) is 0. The van der Waals surface area contributed by atoms with Crippen molar-refractivity contribution in [3.63, 3.8) is 0 Å². The average Bonchev–Trinajstić information content (AvgIpc) is 2.93. The SMILES string of the molecule is CCC(=O)O[C@]1(C(C)=O)C(C)C[C@H]2[C@@H]3CC(C)C4=CC(=O)C=C[C@]4(C)[C@@]3(Cl)C(O)C[C@@]21C. The molecule has 0 heterocycles. The molecule has 0 aromatic heterocycles. The van der Waals surface area contributed by atoms with E-state index in [9.17, 15) is 19.5 Å². The van der Waals surface area contributed by atoms with E-state index in [1.54, 1.807) is 19.1 Å². The highest BCUT2D eigenvalue weighted by Gasteiger charge is 2.76. The van der Waals surface area contributed by atoms with Gasteiger partial charge in [-0.05, 0) is 56.1 Å². The zero-order valence-electron chi connectivity index (χ0n) is 19.9. The van der Waals surface area contributed by atoms with Crippen LogP contribution in [0.25, 0.3) is 0 Å². The lowest BCUT2D eigenvalue weighted by Crippen LogP contribution is -2.70. The zero-order chi connectivity index (χ0) is 23.9. The summed E-state index contributed by atoms with van der Waals surface area (Å²) in [6.07, 6.45) is 6.05. The van der Waals surface area contributed by atoms with Crippen LogP contribution >= 0.6 is 11.6 Å². The van der Waals surface area contributed by atoms with Gasteiger partial charge in [0.1, 0.15) is 0 Å². The first-order chi connectivity index (χ1) is 14.8. The molecule has 3 fully saturated rings. The third-order valence-electron chi connectivity index (χ3n) is 9.60. The van der Waals surface area contributed by atoms with Gasteiger partial charge >= 0.3 is 5.97 Å². The number of rotatable bonds is 3. The number of hydrogen-bond acceptors (Lipinski definition) is 5. The normalized spacial score (nSPS) is 49.6. The van der Waals surface area contributed by atoms with Crippen LogP contribution in [0.1, 0.15) is 67.2 Å². The monoisotopic (exact) mass is 462 g/mol. The molecule has 32 heavy (non-hydrogen) atoms. The Balaban J connectivity index is 1.87. The van der Waals surface area contributed by atoms with Gasteiger partial charge in [0.25, 0.3) is 0 Å². The van der Waals surface area contributed by atoms with Gasteiger partial charge in [-0.15, -0.1) is 11.6 Å². The smallest absolute Gasteiger partial charge is 0.306 e. The van der Waals surface area contributed by atoms with E-state index >= 15 is 0 Å². The third-order valence-corrected chi connectivity index (χ3v) is 10.5. The highest BCUT2D eigenvalue weighted by atomic mass is 35.5. The molecule has 0 bridgehead atoms. The maximum atomic E-state index is 13.2. The molecule has 176 valence electrons. The molecule has 1 N–H and O–H groups in total. The standard InChI is InChI=1S/C26H35ClO5/c1-7-22(31)32-26(16(4)28)15(3)11-19-20-10-14(2)18-12-17(29)8-9-23(18,5)25(20,27)21(30)13-24(19,26)6/h8-9,12,14-15,19-21,30H,7,10-11,13H2,1-6H3/t14?,15?,19-,20-,21?,23-,24-,25-,26-/m0/s1. The molecule has 0 aromatic carbocycles. The van der Waals surface area contributed by atoms with Gasteiger partial charge in [-0.3, -0.25) is 14.4 Å². The Bertz CT molecular complexity index is 939. The second-order valence-electron chi connectivity index (χ2n) is 11.0. The van der Waals surface area contributed by atoms with Gasteiger partial charge in [0.2, 0.25) is 0 Å². The maximum absolute atomic E-state index is 13.2. The van der Waals surface area contributed by atoms with Crippen LogP contribution in [0.3, 0.4) is 0 Å². The molecule has 0 aromatic rings. The number of esters is 1. The van der Waals surface area contributed by atoms with Crippen LogP contribution in [-0.4, -0.2) is 39.2 Å². The second-order valence-corrected chi connectivity index (χ2v) is 11.7. The number of halogens is 1. The molecule has 4 aliphatic rings. The molecule has 0 spiro atoms. The largest absolute Gasteiger partial charge is 0.450 e. The molecule has 0 saturated heterocycles. The van der Waals surface area contributed by atoms with E-state index in [0.717, 1.165) is 5.57 Å². The van der Waals surface area contributed by atoms with Gasteiger partial charge in [0.15, 0.2) is 17.2 Å². The van der Waals surface area contributed by atoms with Crippen LogP contribution in [0.4, 0.5) is 0 Å². The molecule has 3 saturated carbocycles.